The molecule has 1 saturated heterocycles. The molecule has 12 nitrogen and oxygen atoms in total. The first-order valence-electron chi connectivity index (χ1n) is 17.9. The Morgan fingerprint density at radius 3 is 2.08 bits per heavy atom. The highest BCUT2D eigenvalue weighted by atomic mass is 32.2. The van der Waals surface area contributed by atoms with Crippen LogP contribution in [0.3, 0.4) is 0 Å². The second-order valence-corrected chi connectivity index (χ2v) is 17.9. The molecule has 1 spiro atoms. The third kappa shape index (κ3) is 7.43. The Morgan fingerprint density at radius 2 is 1.52 bits per heavy atom. The standard InChI is InChI=1S/C37H51N5O7S/c1-34(2,3)49-33(44)40(4)37-18-15-36(16-19-37,17-20-37)26-38-30-12-11-29(25-31(30)42(45)46)50(47,48)39-32(43)27-7-9-28(10-8-27)41-23-21-35(22-24-41)13-5-6-14-35/h7-12,25,38H,5-6,13-24,26H2,1-4H3,(H,39,43). The topological polar surface area (TPSA) is 151 Å². The average molecular weight is 710 g/mol. The fourth-order valence-electron chi connectivity index (χ4n) is 8.73. The van der Waals surface area contributed by atoms with Crippen molar-refractivity contribution in [2.24, 2.45) is 10.8 Å². The monoisotopic (exact) mass is 709 g/mol. The number of carbonyl (C=O) groups excluding carboxylic acids is 2. The van der Waals surface area contributed by atoms with Gasteiger partial charge in [-0.1, -0.05) is 12.8 Å². The van der Waals surface area contributed by atoms with E-state index in [1.807, 2.05) is 40.0 Å². The Morgan fingerprint density at radius 1 is 0.920 bits per heavy atom. The van der Waals surface area contributed by atoms with Crippen LogP contribution in [0.5, 0.6) is 0 Å². The average Bonchev–Trinajstić information content (AvgIpc) is 3.54. The van der Waals surface area contributed by atoms with E-state index in [1.165, 1.54) is 50.7 Å². The van der Waals surface area contributed by atoms with E-state index >= 15 is 0 Å². The van der Waals surface area contributed by atoms with Crippen LogP contribution < -0.4 is 14.9 Å². The lowest BCUT2D eigenvalue weighted by atomic mass is 9.57. The second kappa shape index (κ2) is 13.4. The molecule has 0 atom stereocenters. The Kier molecular flexibility index (Phi) is 9.60. The molecule has 5 fully saturated rings. The molecule has 272 valence electrons. The van der Waals surface area contributed by atoms with Crippen molar-refractivity contribution in [2.75, 3.05) is 36.9 Å². The maximum Gasteiger partial charge on any atom is 0.410 e. The lowest BCUT2D eigenvalue weighted by Gasteiger charge is -2.56. The molecule has 0 unspecified atom stereocenters. The number of hydrogen-bond donors (Lipinski definition) is 2. The number of hydrogen-bond acceptors (Lipinski definition) is 9. The summed E-state index contributed by atoms with van der Waals surface area (Å²) in [6.07, 6.45) is 12.3. The number of fused-ring (bicyclic) bond motifs is 3. The number of nitrogens with zero attached hydrogens (tertiary/aromatic N) is 3. The van der Waals surface area contributed by atoms with Crippen LogP contribution in [0.2, 0.25) is 0 Å². The van der Waals surface area contributed by atoms with Crippen LogP contribution >= 0.6 is 0 Å². The summed E-state index contributed by atoms with van der Waals surface area (Å²) in [6, 6.07) is 10.6. The van der Waals surface area contributed by atoms with Gasteiger partial charge in [-0.2, -0.15) is 0 Å². The minimum atomic E-state index is -4.39. The summed E-state index contributed by atoms with van der Waals surface area (Å²) in [5.41, 5.74) is 0.596. The summed E-state index contributed by atoms with van der Waals surface area (Å²) < 4.78 is 34.2. The number of nitro benzene ring substituents is 1. The molecule has 1 heterocycles. The van der Waals surface area contributed by atoms with Crippen LogP contribution in [-0.4, -0.2) is 68.1 Å². The molecule has 2 bridgehead atoms. The van der Waals surface area contributed by atoms with Crippen LogP contribution in [0.1, 0.15) is 108 Å². The zero-order chi connectivity index (χ0) is 36.0. The predicted octanol–water partition coefficient (Wildman–Crippen LogP) is 7.25. The van der Waals surface area contributed by atoms with Crippen molar-refractivity contribution in [3.8, 4) is 0 Å². The van der Waals surface area contributed by atoms with Crippen molar-refractivity contribution in [2.45, 2.75) is 114 Å². The minimum absolute atomic E-state index is 0.0925. The quantitative estimate of drug-likeness (QED) is 0.203. The van der Waals surface area contributed by atoms with Gasteiger partial charge in [-0.05, 0) is 132 Å². The first-order valence-corrected chi connectivity index (χ1v) is 19.4. The third-order valence-corrected chi connectivity index (χ3v) is 13.4. The largest absolute Gasteiger partial charge is 0.444 e. The molecule has 5 aliphatic rings. The lowest BCUT2D eigenvalue weighted by Crippen LogP contribution is -2.58. The van der Waals surface area contributed by atoms with Crippen LogP contribution in [0.4, 0.5) is 21.9 Å². The van der Waals surface area contributed by atoms with Crippen molar-refractivity contribution < 1.29 is 27.7 Å². The number of ether oxygens (including phenoxy) is 1. The van der Waals surface area contributed by atoms with Gasteiger partial charge >= 0.3 is 6.09 Å². The fourth-order valence-corrected chi connectivity index (χ4v) is 9.72. The molecule has 13 heteroatoms. The van der Waals surface area contributed by atoms with E-state index < -0.39 is 26.5 Å². The van der Waals surface area contributed by atoms with Crippen molar-refractivity contribution in [1.29, 1.82) is 0 Å². The van der Waals surface area contributed by atoms with E-state index in [1.54, 1.807) is 17.0 Å². The van der Waals surface area contributed by atoms with E-state index in [0.29, 0.717) is 12.0 Å². The third-order valence-electron chi connectivity index (χ3n) is 12.1. The summed E-state index contributed by atoms with van der Waals surface area (Å²) in [5, 5.41) is 15.3. The molecule has 4 aliphatic carbocycles. The molecular formula is C37H51N5O7S. The Hall–Kier alpha value is -3.87. The van der Waals surface area contributed by atoms with Gasteiger partial charge < -0.3 is 19.9 Å². The number of nitrogens with one attached hydrogen (secondary N) is 2. The van der Waals surface area contributed by atoms with Gasteiger partial charge in [0.15, 0.2) is 0 Å². The lowest BCUT2D eigenvalue weighted by molar-refractivity contribution is -0.384. The van der Waals surface area contributed by atoms with Gasteiger partial charge in [-0.3, -0.25) is 14.9 Å². The van der Waals surface area contributed by atoms with Crippen LogP contribution in [0.15, 0.2) is 47.4 Å². The zero-order valence-electron chi connectivity index (χ0n) is 29.8. The number of benzene rings is 2. The highest BCUT2D eigenvalue weighted by Crippen LogP contribution is 2.55. The van der Waals surface area contributed by atoms with Crippen molar-refractivity contribution in [3.05, 3.63) is 58.1 Å². The van der Waals surface area contributed by atoms with Crippen LogP contribution in [0.25, 0.3) is 0 Å². The van der Waals surface area contributed by atoms with E-state index in [-0.39, 0.29) is 38.9 Å². The molecule has 1 aliphatic heterocycles. The maximum atomic E-state index is 13.2. The number of carbonyl (C=O) groups is 2. The number of piperidine rings is 1. The van der Waals surface area contributed by atoms with Gasteiger partial charge in [0, 0.05) is 49.5 Å². The van der Waals surface area contributed by atoms with E-state index in [4.69, 9.17) is 4.74 Å². The van der Waals surface area contributed by atoms with Crippen molar-refractivity contribution >= 4 is 39.1 Å². The van der Waals surface area contributed by atoms with Crippen LogP contribution in [-0.2, 0) is 14.8 Å². The fraction of sp³-hybridized carbons (Fsp3) is 0.622. The number of rotatable bonds is 9. The molecule has 0 aromatic heterocycles. The Balaban J connectivity index is 1.06. The smallest absolute Gasteiger partial charge is 0.410 e. The first kappa shape index (κ1) is 35.9. The van der Waals surface area contributed by atoms with E-state index in [2.05, 4.69) is 14.9 Å². The summed E-state index contributed by atoms with van der Waals surface area (Å²) in [7, 11) is -2.58. The summed E-state index contributed by atoms with van der Waals surface area (Å²) in [5.74, 6) is -0.799. The number of amides is 2. The highest BCUT2D eigenvalue weighted by molar-refractivity contribution is 7.90. The Bertz CT molecular complexity index is 1700. The second-order valence-electron chi connectivity index (χ2n) is 16.2. The predicted molar refractivity (Wildman–Crippen MR) is 192 cm³/mol. The molecule has 0 radical (unpaired) electrons. The van der Waals surface area contributed by atoms with Gasteiger partial charge in [0.1, 0.15) is 11.3 Å². The van der Waals surface area contributed by atoms with Gasteiger partial charge in [-0.25, -0.2) is 17.9 Å². The Labute approximate surface area is 295 Å². The van der Waals surface area contributed by atoms with Crippen molar-refractivity contribution in [1.82, 2.24) is 9.62 Å². The molecule has 2 amide bonds. The SMILES string of the molecule is CN(C(=O)OC(C)(C)C)C12CCC(CNc3ccc(S(=O)(=O)NC(=O)c4ccc(N5CCC6(CCCC6)CC5)cc4)cc3[N+](=O)[O-])(CC1)CC2. The van der Waals surface area contributed by atoms with Gasteiger partial charge in [0.2, 0.25) is 0 Å². The molecule has 7 rings (SSSR count). The molecule has 2 aromatic carbocycles. The van der Waals surface area contributed by atoms with Crippen molar-refractivity contribution in [3.63, 3.8) is 0 Å². The summed E-state index contributed by atoms with van der Waals surface area (Å²) in [4.78, 5) is 41.0. The molecule has 4 saturated carbocycles. The minimum Gasteiger partial charge on any atom is -0.444 e. The zero-order valence-corrected chi connectivity index (χ0v) is 30.6. The highest BCUT2D eigenvalue weighted by Gasteiger charge is 2.52. The molecule has 50 heavy (non-hydrogen) atoms. The number of sulfonamides is 1. The molecular weight excluding hydrogens is 659 g/mol. The molecule has 2 N–H and O–H groups in total. The summed E-state index contributed by atoms with van der Waals surface area (Å²) >= 11 is 0. The maximum absolute atomic E-state index is 13.2. The first-order chi connectivity index (χ1) is 23.5. The van der Waals surface area contributed by atoms with Gasteiger partial charge in [-0.15, -0.1) is 0 Å². The van der Waals surface area contributed by atoms with E-state index in [0.717, 1.165) is 63.4 Å². The van der Waals surface area contributed by atoms with Gasteiger partial charge in [0.25, 0.3) is 21.6 Å². The summed E-state index contributed by atoms with van der Waals surface area (Å²) in [6.45, 7) is 7.98. The van der Waals surface area contributed by atoms with Gasteiger partial charge in [0.05, 0.1) is 9.82 Å². The van der Waals surface area contributed by atoms with E-state index in [9.17, 15) is 28.1 Å². The normalized spacial score (nSPS) is 24.5. The van der Waals surface area contributed by atoms with Crippen LogP contribution in [0, 0.1) is 20.9 Å². The number of anilines is 2. The molecule has 2 aromatic rings. The number of nitro groups is 1.